The van der Waals surface area contributed by atoms with Crippen molar-refractivity contribution in [2.45, 2.75) is 31.9 Å². The van der Waals surface area contributed by atoms with Crippen molar-refractivity contribution in [3.05, 3.63) is 99.0 Å². The first-order chi connectivity index (χ1) is 16.6. The maximum Gasteiger partial charge on any atom is 0.416 e. The normalized spacial score (nSPS) is 14.6. The van der Waals surface area contributed by atoms with Crippen LogP contribution in [0.1, 0.15) is 56.2 Å². The number of alkyl halides is 3. The molecule has 2 aromatic carbocycles. The number of benzene rings is 2. The minimum absolute atomic E-state index is 0.0894. The van der Waals surface area contributed by atoms with Gasteiger partial charge < -0.3 is 15.2 Å². The van der Waals surface area contributed by atoms with Crippen molar-refractivity contribution < 1.29 is 22.8 Å². The van der Waals surface area contributed by atoms with Crippen LogP contribution < -0.4 is 10.9 Å². The van der Waals surface area contributed by atoms with E-state index in [1.165, 1.54) is 30.5 Å². The standard InChI is InChI=1S/C26H24F3N3O3/c1-16-2-3-19(14-22(16)31-24(34)20-6-9-23(33)30-15-20)25(35)32-12-10-18(11-13-32)17-4-7-21(8-5-17)26(27,28)29/h2-9,14-15,18H,10-13H2,1H3,(H,30,33)(H,31,34). The van der Waals surface area contributed by atoms with Crippen molar-refractivity contribution in [1.29, 1.82) is 0 Å². The Labute approximate surface area is 199 Å². The number of hydrogen-bond donors (Lipinski definition) is 2. The molecule has 2 amide bonds. The van der Waals surface area contributed by atoms with Gasteiger partial charge in [0.2, 0.25) is 5.56 Å². The summed E-state index contributed by atoms with van der Waals surface area (Å²) in [4.78, 5) is 41.0. The van der Waals surface area contributed by atoms with Crippen molar-refractivity contribution in [3.63, 3.8) is 0 Å². The third-order valence-electron chi connectivity index (χ3n) is 6.27. The van der Waals surface area contributed by atoms with Gasteiger partial charge in [0.15, 0.2) is 0 Å². The quantitative estimate of drug-likeness (QED) is 0.550. The maximum atomic E-state index is 13.1. The molecule has 6 nitrogen and oxygen atoms in total. The minimum atomic E-state index is -4.36. The third kappa shape index (κ3) is 5.62. The summed E-state index contributed by atoms with van der Waals surface area (Å²) < 4.78 is 38.4. The average molecular weight is 483 g/mol. The second kappa shape index (κ2) is 9.77. The van der Waals surface area contributed by atoms with E-state index >= 15 is 0 Å². The highest BCUT2D eigenvalue weighted by atomic mass is 19.4. The molecule has 1 saturated heterocycles. The third-order valence-corrected chi connectivity index (χ3v) is 6.27. The number of rotatable bonds is 4. The number of hydrogen-bond acceptors (Lipinski definition) is 3. The number of H-pyrrole nitrogens is 1. The summed E-state index contributed by atoms with van der Waals surface area (Å²) in [7, 11) is 0. The molecular formula is C26H24F3N3O3. The second-order valence-electron chi connectivity index (χ2n) is 8.61. The highest BCUT2D eigenvalue weighted by molar-refractivity contribution is 6.05. The van der Waals surface area contributed by atoms with Crippen LogP contribution in [0.25, 0.3) is 0 Å². The number of nitrogens with zero attached hydrogens (tertiary/aromatic N) is 1. The lowest BCUT2D eigenvalue weighted by atomic mass is 9.88. The van der Waals surface area contributed by atoms with Crippen LogP contribution in [0.3, 0.4) is 0 Å². The molecule has 1 aliphatic heterocycles. The van der Waals surface area contributed by atoms with Gasteiger partial charge in [-0.05, 0) is 67.1 Å². The second-order valence-corrected chi connectivity index (χ2v) is 8.61. The van der Waals surface area contributed by atoms with Crippen LogP contribution in [0.4, 0.5) is 18.9 Å². The smallest absolute Gasteiger partial charge is 0.339 e. The summed E-state index contributed by atoms with van der Waals surface area (Å²) in [5.74, 6) is -0.492. The van der Waals surface area contributed by atoms with Gasteiger partial charge in [0.25, 0.3) is 11.8 Å². The molecule has 0 saturated carbocycles. The van der Waals surface area contributed by atoms with Crippen LogP contribution in [0.15, 0.2) is 65.6 Å². The molecule has 9 heteroatoms. The van der Waals surface area contributed by atoms with Crippen LogP contribution in [-0.2, 0) is 6.18 Å². The molecule has 1 fully saturated rings. The lowest BCUT2D eigenvalue weighted by Crippen LogP contribution is -2.38. The molecule has 0 spiro atoms. The Morgan fingerprint density at radius 3 is 2.23 bits per heavy atom. The van der Waals surface area contributed by atoms with Gasteiger partial charge in [0, 0.05) is 36.6 Å². The van der Waals surface area contributed by atoms with E-state index in [1.807, 2.05) is 6.92 Å². The van der Waals surface area contributed by atoms with E-state index in [4.69, 9.17) is 0 Å². The number of carbonyl (C=O) groups is 2. The number of aromatic nitrogens is 1. The predicted octanol–water partition coefficient (Wildman–Crippen LogP) is 4.97. The lowest BCUT2D eigenvalue weighted by molar-refractivity contribution is -0.137. The Kier molecular flexibility index (Phi) is 6.77. The number of amides is 2. The zero-order chi connectivity index (χ0) is 25.2. The van der Waals surface area contributed by atoms with E-state index in [1.54, 1.807) is 23.1 Å². The molecule has 0 atom stereocenters. The molecule has 182 valence electrons. The fourth-order valence-corrected chi connectivity index (χ4v) is 4.18. The number of carbonyl (C=O) groups excluding carboxylic acids is 2. The Hall–Kier alpha value is -3.88. The van der Waals surface area contributed by atoms with Gasteiger partial charge in [-0.3, -0.25) is 14.4 Å². The van der Waals surface area contributed by atoms with Crippen molar-refractivity contribution in [3.8, 4) is 0 Å². The Balaban J connectivity index is 1.40. The van der Waals surface area contributed by atoms with Gasteiger partial charge in [-0.25, -0.2) is 0 Å². The summed E-state index contributed by atoms with van der Waals surface area (Å²) in [6.07, 6.45) is -1.74. The molecule has 0 unspecified atom stereocenters. The lowest BCUT2D eigenvalue weighted by Gasteiger charge is -2.32. The number of anilines is 1. The van der Waals surface area contributed by atoms with Crippen LogP contribution in [0.5, 0.6) is 0 Å². The van der Waals surface area contributed by atoms with Crippen LogP contribution in [-0.4, -0.2) is 34.8 Å². The van der Waals surface area contributed by atoms with Crippen LogP contribution in [0.2, 0.25) is 0 Å². The van der Waals surface area contributed by atoms with Gasteiger partial charge >= 0.3 is 6.18 Å². The van der Waals surface area contributed by atoms with Crippen molar-refractivity contribution in [2.75, 3.05) is 18.4 Å². The molecule has 1 aliphatic rings. The van der Waals surface area contributed by atoms with E-state index in [0.717, 1.165) is 23.3 Å². The molecule has 1 aromatic heterocycles. The Morgan fingerprint density at radius 2 is 1.63 bits per heavy atom. The maximum absolute atomic E-state index is 13.1. The highest BCUT2D eigenvalue weighted by Gasteiger charge is 2.31. The zero-order valence-corrected chi connectivity index (χ0v) is 19.0. The van der Waals surface area contributed by atoms with Crippen molar-refractivity contribution >= 4 is 17.5 Å². The van der Waals surface area contributed by atoms with E-state index in [2.05, 4.69) is 10.3 Å². The van der Waals surface area contributed by atoms with Gasteiger partial charge in [0.05, 0.1) is 11.1 Å². The predicted molar refractivity (Wildman–Crippen MR) is 126 cm³/mol. The SMILES string of the molecule is Cc1ccc(C(=O)N2CCC(c3ccc(C(F)(F)F)cc3)CC2)cc1NC(=O)c1ccc(=O)[nH]c1. The summed E-state index contributed by atoms with van der Waals surface area (Å²) >= 11 is 0. The molecule has 0 bridgehead atoms. The molecule has 4 rings (SSSR count). The van der Waals surface area contributed by atoms with Gasteiger partial charge in [-0.2, -0.15) is 13.2 Å². The van der Waals surface area contributed by atoms with E-state index in [-0.39, 0.29) is 22.9 Å². The average Bonchev–Trinajstić information content (AvgIpc) is 2.85. The van der Waals surface area contributed by atoms with Crippen LogP contribution >= 0.6 is 0 Å². The van der Waals surface area contributed by atoms with Gasteiger partial charge in [-0.15, -0.1) is 0 Å². The summed E-state index contributed by atoms with van der Waals surface area (Å²) in [5, 5.41) is 2.78. The van der Waals surface area contributed by atoms with E-state index in [0.29, 0.717) is 37.2 Å². The summed E-state index contributed by atoms with van der Waals surface area (Å²) in [5.41, 5.74) is 1.84. The fraction of sp³-hybridized carbons (Fsp3) is 0.269. The first kappa shape index (κ1) is 24.3. The summed E-state index contributed by atoms with van der Waals surface area (Å²) in [6, 6.07) is 13.0. The number of nitrogens with one attached hydrogen (secondary N) is 2. The van der Waals surface area contributed by atoms with Crippen molar-refractivity contribution in [2.24, 2.45) is 0 Å². The molecule has 2 N–H and O–H groups in total. The number of aryl methyl sites for hydroxylation is 1. The fourth-order valence-electron chi connectivity index (χ4n) is 4.18. The largest absolute Gasteiger partial charge is 0.416 e. The number of piperidine rings is 1. The first-order valence-corrected chi connectivity index (χ1v) is 11.2. The monoisotopic (exact) mass is 483 g/mol. The number of aromatic amines is 1. The highest BCUT2D eigenvalue weighted by Crippen LogP contribution is 2.33. The van der Waals surface area contributed by atoms with Crippen LogP contribution in [0, 0.1) is 6.92 Å². The minimum Gasteiger partial charge on any atom is -0.339 e. The zero-order valence-electron chi connectivity index (χ0n) is 19.0. The Morgan fingerprint density at radius 1 is 0.971 bits per heavy atom. The first-order valence-electron chi connectivity index (χ1n) is 11.2. The molecule has 35 heavy (non-hydrogen) atoms. The number of halogens is 3. The van der Waals surface area contributed by atoms with E-state index in [9.17, 15) is 27.6 Å². The van der Waals surface area contributed by atoms with Gasteiger partial charge in [-0.1, -0.05) is 18.2 Å². The topological polar surface area (TPSA) is 82.3 Å². The molecular weight excluding hydrogens is 459 g/mol. The molecule has 3 aromatic rings. The summed E-state index contributed by atoms with van der Waals surface area (Å²) in [6.45, 7) is 2.78. The Bertz CT molecular complexity index is 1270. The van der Waals surface area contributed by atoms with Crippen molar-refractivity contribution in [1.82, 2.24) is 9.88 Å². The molecule has 0 radical (unpaired) electrons. The van der Waals surface area contributed by atoms with Gasteiger partial charge in [0.1, 0.15) is 0 Å². The number of pyridine rings is 1. The molecule has 2 heterocycles. The molecule has 0 aliphatic carbocycles. The van der Waals surface area contributed by atoms with E-state index < -0.39 is 17.6 Å². The number of likely N-dealkylation sites (tertiary alicyclic amines) is 1.